The van der Waals surface area contributed by atoms with Crippen LogP contribution in [0.25, 0.3) is 11.1 Å². The molecule has 2 rings (SSSR count). The van der Waals surface area contributed by atoms with Crippen LogP contribution in [-0.2, 0) is 0 Å². The second-order valence-corrected chi connectivity index (χ2v) is 3.87. The van der Waals surface area contributed by atoms with Gasteiger partial charge in [0.05, 0.1) is 10.0 Å². The molecule has 0 bridgehead atoms. The van der Waals surface area contributed by atoms with E-state index in [0.29, 0.717) is 15.7 Å². The molecule has 4 heteroatoms. The Morgan fingerprint density at radius 1 is 1.07 bits per heavy atom. The molecule has 1 aromatic heterocycles. The summed E-state index contributed by atoms with van der Waals surface area (Å²) in [7, 11) is 0. The van der Waals surface area contributed by atoms with Crippen LogP contribution in [0.1, 0.15) is 0 Å². The van der Waals surface area contributed by atoms with Gasteiger partial charge in [-0.15, -0.1) is 0 Å². The van der Waals surface area contributed by atoms with E-state index in [2.05, 4.69) is 4.98 Å². The molecule has 1 heterocycles. The summed E-state index contributed by atoms with van der Waals surface area (Å²) >= 11 is 12.1. The summed E-state index contributed by atoms with van der Waals surface area (Å²) in [6, 6.07) is 7.06. The number of halogens is 2. The minimum atomic E-state index is 0.571. The molecule has 0 fully saturated rings. The topological polar surface area (TPSA) is 38.9 Å². The van der Waals surface area contributed by atoms with Crippen LogP contribution < -0.4 is 5.73 Å². The van der Waals surface area contributed by atoms with E-state index in [1.54, 1.807) is 36.7 Å². The lowest BCUT2D eigenvalue weighted by Gasteiger charge is -2.08. The van der Waals surface area contributed by atoms with Crippen LogP contribution in [0.3, 0.4) is 0 Å². The van der Waals surface area contributed by atoms with Crippen molar-refractivity contribution in [1.82, 2.24) is 4.98 Å². The zero-order chi connectivity index (χ0) is 10.8. The first kappa shape index (κ1) is 10.3. The number of hydrogen-bond donors (Lipinski definition) is 1. The smallest absolute Gasteiger partial charge is 0.0500 e. The lowest BCUT2D eigenvalue weighted by Crippen LogP contribution is -1.91. The van der Waals surface area contributed by atoms with Crippen molar-refractivity contribution in [3.8, 4) is 11.1 Å². The summed E-state index contributed by atoms with van der Waals surface area (Å²) < 4.78 is 0. The highest BCUT2D eigenvalue weighted by Crippen LogP contribution is 2.36. The Morgan fingerprint density at radius 2 is 1.73 bits per heavy atom. The quantitative estimate of drug-likeness (QED) is 0.825. The molecule has 0 aliphatic carbocycles. The molecule has 0 saturated heterocycles. The number of hydrogen-bond acceptors (Lipinski definition) is 2. The third-order valence-electron chi connectivity index (χ3n) is 2.09. The molecule has 0 atom stereocenters. The Morgan fingerprint density at radius 3 is 2.33 bits per heavy atom. The van der Waals surface area contributed by atoms with Gasteiger partial charge in [0.25, 0.3) is 0 Å². The van der Waals surface area contributed by atoms with Gasteiger partial charge in [0.15, 0.2) is 0 Å². The fraction of sp³-hybridized carbons (Fsp3) is 0. The van der Waals surface area contributed by atoms with Gasteiger partial charge in [0.1, 0.15) is 0 Å². The standard InChI is InChI=1S/C11H8Cl2N2/c12-8-2-1-3-9(13)11(8)7-6-15-5-4-10(7)14/h1-6H,(H2,14,15). The van der Waals surface area contributed by atoms with Gasteiger partial charge >= 0.3 is 0 Å². The molecule has 0 aliphatic heterocycles. The average Bonchev–Trinajstić information content (AvgIpc) is 2.20. The van der Waals surface area contributed by atoms with Gasteiger partial charge in [0, 0.05) is 29.2 Å². The molecule has 0 unspecified atom stereocenters. The van der Waals surface area contributed by atoms with Crippen molar-refractivity contribution < 1.29 is 0 Å². The predicted molar refractivity (Wildman–Crippen MR) is 64.1 cm³/mol. The number of nitrogens with two attached hydrogens (primary N) is 1. The largest absolute Gasteiger partial charge is 0.398 e. The fourth-order valence-electron chi connectivity index (χ4n) is 1.37. The van der Waals surface area contributed by atoms with Gasteiger partial charge in [-0.3, -0.25) is 4.98 Å². The maximum atomic E-state index is 6.07. The highest BCUT2D eigenvalue weighted by Gasteiger charge is 2.10. The minimum Gasteiger partial charge on any atom is -0.398 e. The molecule has 76 valence electrons. The lowest BCUT2D eigenvalue weighted by molar-refractivity contribution is 1.33. The Labute approximate surface area is 97.7 Å². The van der Waals surface area contributed by atoms with Gasteiger partial charge in [-0.1, -0.05) is 29.3 Å². The Bertz CT molecular complexity index is 477. The molecule has 2 N–H and O–H groups in total. The van der Waals surface area contributed by atoms with E-state index in [9.17, 15) is 0 Å². The van der Waals surface area contributed by atoms with Crippen molar-refractivity contribution in [1.29, 1.82) is 0 Å². The third-order valence-corrected chi connectivity index (χ3v) is 2.72. The first-order chi connectivity index (χ1) is 7.20. The number of pyridine rings is 1. The molecule has 0 amide bonds. The maximum Gasteiger partial charge on any atom is 0.0500 e. The lowest BCUT2D eigenvalue weighted by atomic mass is 10.1. The van der Waals surface area contributed by atoms with Crippen LogP contribution in [0, 0.1) is 0 Å². The molecule has 0 radical (unpaired) electrons. The average molecular weight is 239 g/mol. The molecular weight excluding hydrogens is 231 g/mol. The third kappa shape index (κ3) is 1.91. The molecule has 0 spiro atoms. The van der Waals surface area contributed by atoms with E-state index in [-0.39, 0.29) is 0 Å². The number of rotatable bonds is 1. The van der Waals surface area contributed by atoms with Crippen LogP contribution >= 0.6 is 23.2 Å². The maximum absolute atomic E-state index is 6.07. The van der Waals surface area contributed by atoms with Gasteiger partial charge in [0.2, 0.25) is 0 Å². The van der Waals surface area contributed by atoms with Crippen molar-refractivity contribution in [2.45, 2.75) is 0 Å². The molecule has 1 aromatic carbocycles. The molecule has 15 heavy (non-hydrogen) atoms. The Balaban J connectivity index is 2.69. The van der Waals surface area contributed by atoms with E-state index in [0.717, 1.165) is 11.1 Å². The monoisotopic (exact) mass is 238 g/mol. The van der Waals surface area contributed by atoms with Gasteiger partial charge < -0.3 is 5.73 Å². The molecule has 2 nitrogen and oxygen atoms in total. The number of benzene rings is 1. The normalized spacial score (nSPS) is 10.3. The zero-order valence-corrected chi connectivity index (χ0v) is 9.26. The number of nitrogens with zero attached hydrogens (tertiary/aromatic N) is 1. The Hall–Kier alpha value is -1.25. The van der Waals surface area contributed by atoms with Crippen molar-refractivity contribution in [2.75, 3.05) is 5.73 Å². The molecular formula is C11H8Cl2N2. The number of nitrogen functional groups attached to an aromatic ring is 1. The molecule has 0 aliphatic rings. The van der Waals surface area contributed by atoms with E-state index in [1.165, 1.54) is 0 Å². The zero-order valence-electron chi connectivity index (χ0n) is 7.74. The van der Waals surface area contributed by atoms with Crippen molar-refractivity contribution in [3.05, 3.63) is 46.7 Å². The minimum absolute atomic E-state index is 0.571. The fourth-order valence-corrected chi connectivity index (χ4v) is 1.97. The van der Waals surface area contributed by atoms with E-state index < -0.39 is 0 Å². The van der Waals surface area contributed by atoms with Crippen molar-refractivity contribution >= 4 is 28.9 Å². The second kappa shape index (κ2) is 4.09. The molecule has 0 saturated carbocycles. The summed E-state index contributed by atoms with van der Waals surface area (Å²) in [6.45, 7) is 0. The van der Waals surface area contributed by atoms with Gasteiger partial charge in [-0.25, -0.2) is 0 Å². The summed E-state index contributed by atoms with van der Waals surface area (Å²) in [6.07, 6.45) is 3.28. The Kier molecular flexibility index (Phi) is 2.80. The van der Waals surface area contributed by atoms with E-state index in [4.69, 9.17) is 28.9 Å². The van der Waals surface area contributed by atoms with Gasteiger partial charge in [-0.2, -0.15) is 0 Å². The SMILES string of the molecule is Nc1ccncc1-c1c(Cl)cccc1Cl. The number of aromatic nitrogens is 1. The van der Waals surface area contributed by atoms with Crippen LogP contribution in [-0.4, -0.2) is 4.98 Å². The predicted octanol–water partition coefficient (Wildman–Crippen LogP) is 3.64. The van der Waals surface area contributed by atoms with E-state index >= 15 is 0 Å². The number of anilines is 1. The highest BCUT2D eigenvalue weighted by atomic mass is 35.5. The first-order valence-electron chi connectivity index (χ1n) is 4.34. The van der Waals surface area contributed by atoms with Crippen molar-refractivity contribution in [3.63, 3.8) is 0 Å². The summed E-state index contributed by atoms with van der Waals surface area (Å²) in [4.78, 5) is 4.01. The summed E-state index contributed by atoms with van der Waals surface area (Å²) in [5, 5.41) is 1.14. The van der Waals surface area contributed by atoms with Crippen LogP contribution in [0.2, 0.25) is 10.0 Å². The summed E-state index contributed by atoms with van der Waals surface area (Å²) in [5.74, 6) is 0. The van der Waals surface area contributed by atoms with Crippen LogP contribution in [0.5, 0.6) is 0 Å². The second-order valence-electron chi connectivity index (χ2n) is 3.06. The van der Waals surface area contributed by atoms with Crippen molar-refractivity contribution in [2.24, 2.45) is 0 Å². The summed E-state index contributed by atoms with van der Waals surface area (Å²) in [5.41, 5.74) is 7.93. The van der Waals surface area contributed by atoms with E-state index in [1.807, 2.05) is 0 Å². The highest BCUT2D eigenvalue weighted by molar-refractivity contribution is 6.39. The van der Waals surface area contributed by atoms with Crippen LogP contribution in [0.15, 0.2) is 36.7 Å². The van der Waals surface area contributed by atoms with Gasteiger partial charge in [-0.05, 0) is 18.2 Å². The first-order valence-corrected chi connectivity index (χ1v) is 5.09. The molecule has 2 aromatic rings. The van der Waals surface area contributed by atoms with Crippen LogP contribution in [0.4, 0.5) is 5.69 Å².